The van der Waals surface area contributed by atoms with Gasteiger partial charge >= 0.3 is 6.03 Å². The fourth-order valence-electron chi connectivity index (χ4n) is 3.50. The normalized spacial score (nSPS) is 24.9. The Balaban J connectivity index is 1.88. The van der Waals surface area contributed by atoms with E-state index in [1.54, 1.807) is 40.8 Å². The summed E-state index contributed by atoms with van der Waals surface area (Å²) in [7, 11) is -0.0317. The van der Waals surface area contributed by atoms with Gasteiger partial charge in [0.25, 0.3) is 5.91 Å². The van der Waals surface area contributed by atoms with Gasteiger partial charge in [-0.05, 0) is 13.0 Å². The topological polar surface area (TPSA) is 95.8 Å². The number of sulfone groups is 1. The Morgan fingerprint density at radius 1 is 1.20 bits per heavy atom. The van der Waals surface area contributed by atoms with Gasteiger partial charge in [-0.2, -0.15) is 5.10 Å². The number of hydrogen-bond donors (Lipinski definition) is 0. The van der Waals surface area contributed by atoms with E-state index in [4.69, 9.17) is 0 Å². The molecule has 2 atom stereocenters. The molecule has 3 heterocycles. The number of urea groups is 1. The summed E-state index contributed by atoms with van der Waals surface area (Å²) in [6, 6.07) is 0.379. The summed E-state index contributed by atoms with van der Waals surface area (Å²) in [5, 5.41) is 4.22. The van der Waals surface area contributed by atoms with Crippen molar-refractivity contribution in [3.8, 4) is 0 Å². The maximum absolute atomic E-state index is 12.8. The van der Waals surface area contributed by atoms with Gasteiger partial charge in [0.05, 0.1) is 23.6 Å². The molecule has 9 nitrogen and oxygen atoms in total. The number of carbonyl (C=O) groups is 2. The standard InChI is InChI=1S/C15H23N5O4S/c1-4-18-6-5-11(16-18)14(21)19-7-8-20(15(22)17(2)3)13-10-25(23,24)9-12(13)19/h5-6,12-13H,4,7-10H2,1-3H3/t12-,13+/m1/s1. The van der Waals surface area contributed by atoms with Crippen LogP contribution in [0.25, 0.3) is 0 Å². The number of fused-ring (bicyclic) bond motifs is 1. The molecule has 10 heteroatoms. The molecule has 0 spiro atoms. The molecule has 2 fully saturated rings. The highest BCUT2D eigenvalue weighted by molar-refractivity contribution is 7.91. The highest BCUT2D eigenvalue weighted by Crippen LogP contribution is 2.28. The minimum Gasteiger partial charge on any atom is -0.331 e. The van der Waals surface area contributed by atoms with E-state index in [2.05, 4.69) is 5.10 Å². The molecule has 138 valence electrons. The van der Waals surface area contributed by atoms with E-state index in [9.17, 15) is 18.0 Å². The Morgan fingerprint density at radius 2 is 1.80 bits per heavy atom. The SMILES string of the molecule is CCn1ccc(C(=O)N2CCN(C(=O)N(C)C)[C@H]3CS(=O)(=O)C[C@H]32)n1. The van der Waals surface area contributed by atoms with Gasteiger partial charge in [0, 0.05) is 39.9 Å². The molecule has 3 amide bonds. The van der Waals surface area contributed by atoms with Gasteiger partial charge < -0.3 is 14.7 Å². The van der Waals surface area contributed by atoms with E-state index in [1.807, 2.05) is 6.92 Å². The lowest BCUT2D eigenvalue weighted by molar-refractivity contribution is 0.0388. The van der Waals surface area contributed by atoms with Crippen LogP contribution in [0.15, 0.2) is 12.3 Å². The molecule has 0 N–H and O–H groups in total. The fraction of sp³-hybridized carbons (Fsp3) is 0.667. The van der Waals surface area contributed by atoms with E-state index in [0.29, 0.717) is 25.3 Å². The summed E-state index contributed by atoms with van der Waals surface area (Å²) in [4.78, 5) is 29.8. The summed E-state index contributed by atoms with van der Waals surface area (Å²) in [5.74, 6) is -0.504. The molecule has 2 saturated heterocycles. The van der Waals surface area contributed by atoms with Crippen LogP contribution in [-0.2, 0) is 16.4 Å². The number of rotatable bonds is 2. The van der Waals surface area contributed by atoms with Crippen molar-refractivity contribution >= 4 is 21.8 Å². The molecule has 0 unspecified atom stereocenters. The predicted octanol–water partition coefficient (Wildman–Crippen LogP) is -0.492. The smallest absolute Gasteiger partial charge is 0.319 e. The summed E-state index contributed by atoms with van der Waals surface area (Å²) in [6.45, 7) is 3.19. The van der Waals surface area contributed by atoms with E-state index in [0.717, 1.165) is 0 Å². The van der Waals surface area contributed by atoms with Crippen molar-refractivity contribution in [2.75, 3.05) is 38.7 Å². The lowest BCUT2D eigenvalue weighted by Crippen LogP contribution is -2.63. The van der Waals surface area contributed by atoms with Crippen LogP contribution >= 0.6 is 0 Å². The Hall–Kier alpha value is -2.10. The number of aryl methyl sites for hydroxylation is 1. The summed E-state index contributed by atoms with van der Waals surface area (Å²) in [5.41, 5.74) is 0.303. The Kier molecular flexibility index (Phi) is 4.48. The van der Waals surface area contributed by atoms with Crippen LogP contribution in [0.1, 0.15) is 17.4 Å². The molecule has 0 saturated carbocycles. The highest BCUT2D eigenvalue weighted by atomic mass is 32.2. The molecule has 3 rings (SSSR count). The summed E-state index contributed by atoms with van der Waals surface area (Å²) in [6.07, 6.45) is 1.72. The summed E-state index contributed by atoms with van der Waals surface area (Å²) < 4.78 is 26.0. The number of amides is 3. The first kappa shape index (κ1) is 17.7. The second-order valence-electron chi connectivity index (χ2n) is 6.64. The average Bonchev–Trinajstić information content (AvgIpc) is 3.15. The van der Waals surface area contributed by atoms with Gasteiger partial charge in [-0.25, -0.2) is 13.2 Å². The third-order valence-corrected chi connectivity index (χ3v) is 6.45. The van der Waals surface area contributed by atoms with Crippen LogP contribution in [0.5, 0.6) is 0 Å². The molecular formula is C15H23N5O4S. The highest BCUT2D eigenvalue weighted by Gasteiger charge is 2.50. The van der Waals surface area contributed by atoms with Crippen LogP contribution in [0.3, 0.4) is 0 Å². The molecular weight excluding hydrogens is 346 g/mol. The maximum Gasteiger partial charge on any atom is 0.319 e. The minimum absolute atomic E-state index is 0.107. The third kappa shape index (κ3) is 3.22. The quantitative estimate of drug-likeness (QED) is 0.701. The first-order valence-electron chi connectivity index (χ1n) is 8.26. The predicted molar refractivity (Wildman–Crippen MR) is 91.0 cm³/mol. The monoisotopic (exact) mass is 369 g/mol. The van der Waals surface area contributed by atoms with Gasteiger partial charge in [-0.15, -0.1) is 0 Å². The van der Waals surface area contributed by atoms with Crippen molar-refractivity contribution in [3.05, 3.63) is 18.0 Å². The van der Waals surface area contributed by atoms with Crippen LogP contribution in [-0.4, -0.2) is 95.6 Å². The third-order valence-electron chi connectivity index (χ3n) is 4.75. The molecule has 1 aromatic heterocycles. The van der Waals surface area contributed by atoms with Crippen LogP contribution in [0, 0.1) is 0 Å². The molecule has 0 aromatic carbocycles. The second-order valence-corrected chi connectivity index (χ2v) is 8.79. The maximum atomic E-state index is 12.8. The minimum atomic E-state index is -3.30. The van der Waals surface area contributed by atoms with Crippen molar-refractivity contribution < 1.29 is 18.0 Å². The van der Waals surface area contributed by atoms with E-state index in [-0.39, 0.29) is 23.4 Å². The van der Waals surface area contributed by atoms with Crippen molar-refractivity contribution in [2.45, 2.75) is 25.6 Å². The number of nitrogens with zero attached hydrogens (tertiary/aromatic N) is 5. The van der Waals surface area contributed by atoms with Gasteiger partial charge in [-0.1, -0.05) is 0 Å². The Bertz CT molecular complexity index is 788. The molecule has 25 heavy (non-hydrogen) atoms. The number of carbonyl (C=O) groups excluding carboxylic acids is 2. The van der Waals surface area contributed by atoms with E-state index in [1.165, 1.54) is 4.90 Å². The molecule has 0 radical (unpaired) electrons. The van der Waals surface area contributed by atoms with E-state index >= 15 is 0 Å². The first-order valence-corrected chi connectivity index (χ1v) is 10.1. The number of aromatic nitrogens is 2. The Morgan fingerprint density at radius 3 is 2.36 bits per heavy atom. The second kappa shape index (κ2) is 6.32. The largest absolute Gasteiger partial charge is 0.331 e. The van der Waals surface area contributed by atoms with Crippen LogP contribution < -0.4 is 0 Å². The zero-order chi connectivity index (χ0) is 18.4. The zero-order valence-electron chi connectivity index (χ0n) is 14.6. The Labute approximate surface area is 147 Å². The molecule has 2 aliphatic rings. The number of hydrogen-bond acceptors (Lipinski definition) is 5. The molecule has 0 bridgehead atoms. The van der Waals surface area contributed by atoms with Gasteiger partial charge in [0.1, 0.15) is 5.69 Å². The fourth-order valence-corrected chi connectivity index (χ4v) is 5.48. The van der Waals surface area contributed by atoms with Gasteiger partial charge in [-0.3, -0.25) is 9.48 Å². The lowest BCUT2D eigenvalue weighted by Gasteiger charge is -2.44. The van der Waals surface area contributed by atoms with Crippen LogP contribution in [0.2, 0.25) is 0 Å². The van der Waals surface area contributed by atoms with Crippen molar-refractivity contribution in [3.63, 3.8) is 0 Å². The van der Waals surface area contributed by atoms with Gasteiger partial charge in [0.2, 0.25) is 0 Å². The van der Waals surface area contributed by atoms with Gasteiger partial charge in [0.15, 0.2) is 9.84 Å². The zero-order valence-corrected chi connectivity index (χ0v) is 15.4. The van der Waals surface area contributed by atoms with Crippen molar-refractivity contribution in [2.24, 2.45) is 0 Å². The first-order chi connectivity index (χ1) is 11.7. The summed E-state index contributed by atoms with van der Waals surface area (Å²) >= 11 is 0. The van der Waals surface area contributed by atoms with E-state index < -0.39 is 21.9 Å². The average molecular weight is 369 g/mol. The van der Waals surface area contributed by atoms with Crippen LogP contribution in [0.4, 0.5) is 4.79 Å². The molecule has 2 aliphatic heterocycles. The lowest BCUT2D eigenvalue weighted by atomic mass is 10.0. The van der Waals surface area contributed by atoms with Crippen molar-refractivity contribution in [1.82, 2.24) is 24.5 Å². The molecule has 1 aromatic rings. The number of piperazine rings is 1. The molecule has 0 aliphatic carbocycles. The van der Waals surface area contributed by atoms with Crippen molar-refractivity contribution in [1.29, 1.82) is 0 Å².